The van der Waals surface area contributed by atoms with Crippen LogP contribution < -0.4 is 14.2 Å². The standard InChI is InChI=1S/C20H21NO4/c1-3-15-6-5-7-18(12-15)24-17-10-8-16(9-11-17)23-14-19-13-20(21-25-19)22-4-2/h5-13H,3-4,14H2,1-2H3. The van der Waals surface area contributed by atoms with Crippen molar-refractivity contribution in [1.29, 1.82) is 0 Å². The molecule has 0 radical (unpaired) electrons. The first-order chi connectivity index (χ1) is 12.3. The molecule has 0 aliphatic heterocycles. The van der Waals surface area contributed by atoms with Crippen molar-refractivity contribution < 1.29 is 18.7 Å². The maximum absolute atomic E-state index is 5.87. The van der Waals surface area contributed by atoms with Crippen LogP contribution in [0.2, 0.25) is 0 Å². The second-order valence-electron chi connectivity index (χ2n) is 5.43. The van der Waals surface area contributed by atoms with Crippen LogP contribution >= 0.6 is 0 Å². The molecule has 1 aromatic heterocycles. The minimum absolute atomic E-state index is 0.290. The molecule has 0 N–H and O–H groups in total. The lowest BCUT2D eigenvalue weighted by Gasteiger charge is -2.08. The molecule has 0 amide bonds. The van der Waals surface area contributed by atoms with Crippen molar-refractivity contribution in [3.05, 3.63) is 65.9 Å². The smallest absolute Gasteiger partial charge is 0.254 e. The van der Waals surface area contributed by atoms with Gasteiger partial charge in [-0.25, -0.2) is 0 Å². The summed E-state index contributed by atoms with van der Waals surface area (Å²) in [5.41, 5.74) is 1.25. The van der Waals surface area contributed by atoms with Crippen molar-refractivity contribution in [1.82, 2.24) is 5.16 Å². The highest BCUT2D eigenvalue weighted by molar-refractivity contribution is 5.36. The molecule has 2 aromatic carbocycles. The number of nitrogens with zero attached hydrogens (tertiary/aromatic N) is 1. The van der Waals surface area contributed by atoms with Gasteiger partial charge in [0, 0.05) is 6.07 Å². The zero-order valence-corrected chi connectivity index (χ0v) is 14.4. The number of rotatable bonds is 8. The van der Waals surface area contributed by atoms with Crippen LogP contribution in [0.5, 0.6) is 23.1 Å². The van der Waals surface area contributed by atoms with Crippen LogP contribution in [0.15, 0.2) is 59.1 Å². The summed E-state index contributed by atoms with van der Waals surface area (Å²) in [5.74, 6) is 3.40. The molecular formula is C20H21NO4. The lowest BCUT2D eigenvalue weighted by atomic mass is 10.2. The third-order valence-corrected chi connectivity index (χ3v) is 3.58. The van der Waals surface area contributed by atoms with Crippen molar-refractivity contribution in [2.45, 2.75) is 26.9 Å². The molecule has 130 valence electrons. The van der Waals surface area contributed by atoms with Gasteiger partial charge in [-0.2, -0.15) is 0 Å². The zero-order chi connectivity index (χ0) is 17.5. The molecule has 0 unspecified atom stereocenters. The van der Waals surface area contributed by atoms with Crippen molar-refractivity contribution in [2.75, 3.05) is 6.61 Å². The number of aryl methyl sites for hydroxylation is 1. The van der Waals surface area contributed by atoms with E-state index in [0.717, 1.165) is 23.7 Å². The Morgan fingerprint density at radius 1 is 0.880 bits per heavy atom. The quantitative estimate of drug-likeness (QED) is 0.577. The Balaban J connectivity index is 1.56. The van der Waals surface area contributed by atoms with Crippen LogP contribution in [0.25, 0.3) is 0 Å². The minimum Gasteiger partial charge on any atom is -0.486 e. The predicted molar refractivity (Wildman–Crippen MR) is 94.3 cm³/mol. The van der Waals surface area contributed by atoms with Gasteiger partial charge < -0.3 is 18.7 Å². The largest absolute Gasteiger partial charge is 0.486 e. The van der Waals surface area contributed by atoms with Crippen molar-refractivity contribution >= 4 is 0 Å². The van der Waals surface area contributed by atoms with E-state index in [2.05, 4.69) is 18.1 Å². The van der Waals surface area contributed by atoms with Gasteiger partial charge in [0.25, 0.3) is 5.88 Å². The fourth-order valence-electron chi connectivity index (χ4n) is 2.30. The van der Waals surface area contributed by atoms with Crippen molar-refractivity contribution in [2.24, 2.45) is 0 Å². The highest BCUT2D eigenvalue weighted by atomic mass is 16.5. The molecule has 1 heterocycles. The molecule has 0 bridgehead atoms. The molecule has 3 rings (SSSR count). The molecule has 0 saturated carbocycles. The minimum atomic E-state index is 0.290. The van der Waals surface area contributed by atoms with Crippen LogP contribution in [-0.4, -0.2) is 11.8 Å². The second-order valence-corrected chi connectivity index (χ2v) is 5.43. The summed E-state index contributed by atoms with van der Waals surface area (Å²) in [6, 6.07) is 17.3. The average Bonchev–Trinajstić information content (AvgIpc) is 3.09. The van der Waals surface area contributed by atoms with Gasteiger partial charge in [-0.1, -0.05) is 19.1 Å². The van der Waals surface area contributed by atoms with Crippen LogP contribution in [0.4, 0.5) is 0 Å². The highest BCUT2D eigenvalue weighted by Crippen LogP contribution is 2.25. The lowest BCUT2D eigenvalue weighted by Crippen LogP contribution is -1.94. The van der Waals surface area contributed by atoms with E-state index in [-0.39, 0.29) is 0 Å². The number of benzene rings is 2. The molecular weight excluding hydrogens is 318 g/mol. The van der Waals surface area contributed by atoms with E-state index in [0.29, 0.717) is 24.9 Å². The molecule has 0 spiro atoms. The summed E-state index contributed by atoms with van der Waals surface area (Å²) in [6.07, 6.45) is 0.983. The number of hydrogen-bond acceptors (Lipinski definition) is 5. The van der Waals surface area contributed by atoms with Crippen LogP contribution in [0.3, 0.4) is 0 Å². The average molecular weight is 339 g/mol. The zero-order valence-electron chi connectivity index (χ0n) is 14.4. The SMILES string of the molecule is CCOc1cc(COc2ccc(Oc3cccc(CC)c3)cc2)on1. The van der Waals surface area contributed by atoms with Gasteiger partial charge in [-0.15, -0.1) is 0 Å². The third-order valence-electron chi connectivity index (χ3n) is 3.58. The van der Waals surface area contributed by atoms with E-state index in [1.807, 2.05) is 49.4 Å². The van der Waals surface area contributed by atoms with E-state index >= 15 is 0 Å². The summed E-state index contributed by atoms with van der Waals surface area (Å²) in [4.78, 5) is 0. The summed E-state index contributed by atoms with van der Waals surface area (Å²) < 4.78 is 21.9. The Kier molecular flexibility index (Phi) is 5.57. The topological polar surface area (TPSA) is 53.7 Å². The van der Waals surface area contributed by atoms with Crippen LogP contribution in [0.1, 0.15) is 25.2 Å². The monoisotopic (exact) mass is 339 g/mol. The van der Waals surface area contributed by atoms with E-state index in [4.69, 9.17) is 18.7 Å². The predicted octanol–water partition coefficient (Wildman–Crippen LogP) is 5.01. The van der Waals surface area contributed by atoms with E-state index in [1.54, 1.807) is 6.07 Å². The maximum atomic E-state index is 5.87. The van der Waals surface area contributed by atoms with E-state index in [9.17, 15) is 0 Å². The Morgan fingerprint density at radius 3 is 2.44 bits per heavy atom. The van der Waals surface area contributed by atoms with Crippen molar-refractivity contribution in [3.8, 4) is 23.1 Å². The Hall–Kier alpha value is -2.95. The number of ether oxygens (including phenoxy) is 3. The van der Waals surface area contributed by atoms with Crippen LogP contribution in [0, 0.1) is 0 Å². The molecule has 5 heteroatoms. The maximum Gasteiger partial charge on any atom is 0.254 e. The first kappa shape index (κ1) is 16.9. The molecule has 0 saturated heterocycles. The van der Waals surface area contributed by atoms with Gasteiger partial charge in [-0.05, 0) is 60.5 Å². The van der Waals surface area contributed by atoms with Gasteiger partial charge in [0.2, 0.25) is 0 Å². The molecule has 0 fully saturated rings. The third kappa shape index (κ3) is 4.76. The molecule has 0 aliphatic carbocycles. The summed E-state index contributed by atoms with van der Waals surface area (Å²) in [6.45, 7) is 4.86. The van der Waals surface area contributed by atoms with E-state index < -0.39 is 0 Å². The first-order valence-corrected chi connectivity index (χ1v) is 8.35. The second kappa shape index (κ2) is 8.24. The van der Waals surface area contributed by atoms with Crippen LogP contribution in [-0.2, 0) is 13.0 Å². The summed E-state index contributed by atoms with van der Waals surface area (Å²) >= 11 is 0. The molecule has 25 heavy (non-hydrogen) atoms. The Labute approximate surface area is 147 Å². The van der Waals surface area contributed by atoms with Gasteiger partial charge in [0.15, 0.2) is 5.76 Å². The van der Waals surface area contributed by atoms with Crippen molar-refractivity contribution in [3.63, 3.8) is 0 Å². The molecule has 5 nitrogen and oxygen atoms in total. The Morgan fingerprint density at radius 2 is 1.68 bits per heavy atom. The highest BCUT2D eigenvalue weighted by Gasteiger charge is 2.06. The Bertz CT molecular complexity index is 795. The fraction of sp³-hybridized carbons (Fsp3) is 0.250. The number of aromatic nitrogens is 1. The molecule has 0 aliphatic rings. The first-order valence-electron chi connectivity index (χ1n) is 8.35. The van der Waals surface area contributed by atoms with E-state index in [1.165, 1.54) is 5.56 Å². The molecule has 0 atom stereocenters. The van der Waals surface area contributed by atoms with Gasteiger partial charge in [-0.3, -0.25) is 0 Å². The molecule has 3 aromatic rings. The van der Waals surface area contributed by atoms with Gasteiger partial charge in [0.1, 0.15) is 23.9 Å². The normalized spacial score (nSPS) is 10.5. The van der Waals surface area contributed by atoms with Gasteiger partial charge >= 0.3 is 0 Å². The summed E-state index contributed by atoms with van der Waals surface area (Å²) in [5, 5.41) is 3.80. The number of hydrogen-bond donors (Lipinski definition) is 0. The summed E-state index contributed by atoms with van der Waals surface area (Å²) in [7, 11) is 0. The lowest BCUT2D eigenvalue weighted by molar-refractivity contribution is 0.240. The van der Waals surface area contributed by atoms with Gasteiger partial charge in [0.05, 0.1) is 6.61 Å². The fourth-order valence-corrected chi connectivity index (χ4v) is 2.30.